The number of rotatable bonds is 7. The van der Waals surface area contributed by atoms with E-state index < -0.39 is 0 Å². The Morgan fingerprint density at radius 1 is 1.28 bits per heavy atom. The second-order valence-corrected chi connectivity index (χ2v) is 7.76. The SMILES string of the molecule is Cc1ccc(C)c(CSc2nnc(-c3cccs3)n2CCC(N)=O)c1. The Bertz CT molecular complexity index is 871. The molecule has 25 heavy (non-hydrogen) atoms. The molecule has 5 nitrogen and oxygen atoms in total. The number of carbonyl (C=O) groups excluding carboxylic acids is 1. The van der Waals surface area contributed by atoms with Gasteiger partial charge >= 0.3 is 0 Å². The second kappa shape index (κ2) is 7.84. The average molecular weight is 373 g/mol. The molecule has 0 aliphatic heterocycles. The molecular formula is C18H20N4OS2. The lowest BCUT2D eigenvalue weighted by Gasteiger charge is -2.10. The van der Waals surface area contributed by atoms with Crippen LogP contribution in [0.3, 0.4) is 0 Å². The zero-order valence-corrected chi connectivity index (χ0v) is 15.9. The number of nitrogens with zero attached hydrogens (tertiary/aromatic N) is 3. The van der Waals surface area contributed by atoms with Gasteiger partial charge in [-0.1, -0.05) is 41.6 Å². The Balaban J connectivity index is 1.85. The third-order valence-corrected chi connectivity index (χ3v) is 5.78. The van der Waals surface area contributed by atoms with Crippen molar-refractivity contribution in [2.45, 2.75) is 37.7 Å². The topological polar surface area (TPSA) is 73.8 Å². The molecule has 0 saturated carbocycles. The number of thioether (sulfide) groups is 1. The van der Waals surface area contributed by atoms with Crippen LogP contribution in [0.25, 0.3) is 10.7 Å². The first kappa shape index (κ1) is 17.7. The number of hydrogen-bond acceptors (Lipinski definition) is 5. The average Bonchev–Trinajstić information content (AvgIpc) is 3.22. The highest BCUT2D eigenvalue weighted by molar-refractivity contribution is 7.98. The molecule has 2 heterocycles. The van der Waals surface area contributed by atoms with Crippen molar-refractivity contribution >= 4 is 29.0 Å². The summed E-state index contributed by atoms with van der Waals surface area (Å²) in [6.07, 6.45) is 0.271. The number of primary amides is 1. The molecule has 130 valence electrons. The van der Waals surface area contributed by atoms with Crippen LogP contribution >= 0.6 is 23.1 Å². The number of thiophene rings is 1. The van der Waals surface area contributed by atoms with E-state index in [2.05, 4.69) is 42.2 Å². The van der Waals surface area contributed by atoms with Gasteiger partial charge in [0.1, 0.15) is 0 Å². The number of aryl methyl sites for hydroxylation is 2. The number of carbonyl (C=O) groups is 1. The van der Waals surface area contributed by atoms with Crippen molar-refractivity contribution in [3.63, 3.8) is 0 Å². The molecule has 1 aromatic carbocycles. The van der Waals surface area contributed by atoms with Gasteiger partial charge in [-0.15, -0.1) is 21.5 Å². The van der Waals surface area contributed by atoms with E-state index in [1.165, 1.54) is 16.7 Å². The van der Waals surface area contributed by atoms with E-state index in [4.69, 9.17) is 5.73 Å². The molecule has 3 aromatic rings. The van der Waals surface area contributed by atoms with Gasteiger partial charge in [0.15, 0.2) is 11.0 Å². The lowest BCUT2D eigenvalue weighted by molar-refractivity contribution is -0.118. The van der Waals surface area contributed by atoms with Crippen molar-refractivity contribution in [1.82, 2.24) is 14.8 Å². The van der Waals surface area contributed by atoms with Crippen LogP contribution in [0.1, 0.15) is 23.1 Å². The van der Waals surface area contributed by atoms with Gasteiger partial charge in [0.25, 0.3) is 0 Å². The minimum Gasteiger partial charge on any atom is -0.370 e. The quantitative estimate of drug-likeness (QED) is 0.640. The van der Waals surface area contributed by atoms with E-state index in [1.807, 2.05) is 22.1 Å². The van der Waals surface area contributed by atoms with Crippen molar-refractivity contribution in [2.24, 2.45) is 5.73 Å². The molecule has 0 saturated heterocycles. The van der Waals surface area contributed by atoms with Crippen LogP contribution in [-0.2, 0) is 17.1 Å². The number of benzene rings is 1. The largest absolute Gasteiger partial charge is 0.370 e. The number of nitrogens with two attached hydrogens (primary N) is 1. The van der Waals surface area contributed by atoms with Gasteiger partial charge in [0.05, 0.1) is 4.88 Å². The monoisotopic (exact) mass is 372 g/mol. The third kappa shape index (κ3) is 4.29. The van der Waals surface area contributed by atoms with Crippen LogP contribution in [0.15, 0.2) is 40.9 Å². The van der Waals surface area contributed by atoms with Crippen molar-refractivity contribution in [3.05, 3.63) is 52.4 Å². The molecule has 0 aliphatic rings. The Labute approximate surface area is 155 Å². The van der Waals surface area contributed by atoms with Crippen LogP contribution in [0, 0.1) is 13.8 Å². The molecule has 7 heteroatoms. The third-order valence-electron chi connectivity index (χ3n) is 3.90. The maximum atomic E-state index is 11.2. The molecule has 2 N–H and O–H groups in total. The van der Waals surface area contributed by atoms with Crippen LogP contribution in [0.5, 0.6) is 0 Å². The molecule has 3 rings (SSSR count). The highest BCUT2D eigenvalue weighted by Gasteiger charge is 2.16. The Hall–Kier alpha value is -2.12. The zero-order valence-electron chi connectivity index (χ0n) is 14.2. The molecule has 0 unspecified atom stereocenters. The van der Waals surface area contributed by atoms with Crippen LogP contribution in [0.2, 0.25) is 0 Å². The van der Waals surface area contributed by atoms with E-state index >= 15 is 0 Å². The van der Waals surface area contributed by atoms with Crippen molar-refractivity contribution in [2.75, 3.05) is 0 Å². The van der Waals surface area contributed by atoms with Gasteiger partial charge in [0, 0.05) is 18.7 Å². The molecule has 0 atom stereocenters. The number of aromatic nitrogens is 3. The normalized spacial score (nSPS) is 11.0. The van der Waals surface area contributed by atoms with Gasteiger partial charge < -0.3 is 10.3 Å². The summed E-state index contributed by atoms with van der Waals surface area (Å²) in [5.74, 6) is 1.28. The second-order valence-electron chi connectivity index (χ2n) is 5.87. The van der Waals surface area contributed by atoms with Gasteiger partial charge in [0.2, 0.25) is 5.91 Å². The van der Waals surface area contributed by atoms with Crippen molar-refractivity contribution in [3.8, 4) is 10.7 Å². The Kier molecular flexibility index (Phi) is 5.55. The minimum atomic E-state index is -0.323. The van der Waals surface area contributed by atoms with Crippen LogP contribution in [0.4, 0.5) is 0 Å². The van der Waals surface area contributed by atoms with Gasteiger partial charge in [-0.3, -0.25) is 4.79 Å². The molecule has 0 bridgehead atoms. The smallest absolute Gasteiger partial charge is 0.219 e. The van der Waals surface area contributed by atoms with Gasteiger partial charge in [-0.25, -0.2) is 0 Å². The minimum absolute atomic E-state index is 0.271. The maximum Gasteiger partial charge on any atom is 0.219 e. The van der Waals surface area contributed by atoms with Crippen LogP contribution < -0.4 is 5.73 Å². The molecular weight excluding hydrogens is 352 g/mol. The summed E-state index contributed by atoms with van der Waals surface area (Å²) < 4.78 is 1.99. The first-order valence-electron chi connectivity index (χ1n) is 7.99. The highest BCUT2D eigenvalue weighted by Crippen LogP contribution is 2.29. The van der Waals surface area contributed by atoms with Gasteiger partial charge in [-0.05, 0) is 36.4 Å². The zero-order chi connectivity index (χ0) is 17.8. The summed E-state index contributed by atoms with van der Waals surface area (Å²) in [6, 6.07) is 10.4. The summed E-state index contributed by atoms with van der Waals surface area (Å²) in [5, 5.41) is 11.5. The summed E-state index contributed by atoms with van der Waals surface area (Å²) in [4.78, 5) is 12.3. The maximum absolute atomic E-state index is 11.2. The fourth-order valence-corrected chi connectivity index (χ4v) is 4.25. The lowest BCUT2D eigenvalue weighted by atomic mass is 10.1. The summed E-state index contributed by atoms with van der Waals surface area (Å²) in [6.45, 7) is 4.70. The summed E-state index contributed by atoms with van der Waals surface area (Å²) >= 11 is 3.24. The summed E-state index contributed by atoms with van der Waals surface area (Å²) in [5.41, 5.74) is 9.13. The van der Waals surface area contributed by atoms with E-state index in [1.54, 1.807) is 23.1 Å². The van der Waals surface area contributed by atoms with E-state index in [9.17, 15) is 4.79 Å². The molecule has 2 aromatic heterocycles. The lowest BCUT2D eigenvalue weighted by Crippen LogP contribution is -2.14. The highest BCUT2D eigenvalue weighted by atomic mass is 32.2. The van der Waals surface area contributed by atoms with E-state index in [-0.39, 0.29) is 12.3 Å². The van der Waals surface area contributed by atoms with E-state index in [0.29, 0.717) is 6.54 Å². The van der Waals surface area contributed by atoms with Crippen molar-refractivity contribution in [1.29, 1.82) is 0 Å². The van der Waals surface area contributed by atoms with Gasteiger partial charge in [-0.2, -0.15) is 0 Å². The molecule has 0 fully saturated rings. The number of hydrogen-bond donors (Lipinski definition) is 1. The molecule has 0 aliphatic carbocycles. The standard InChI is InChI=1S/C18H20N4OS2/c1-12-5-6-13(2)14(10-12)11-25-18-21-20-17(15-4-3-9-24-15)22(18)8-7-16(19)23/h3-6,9-10H,7-8,11H2,1-2H3,(H2,19,23). The summed E-state index contributed by atoms with van der Waals surface area (Å²) in [7, 11) is 0. The molecule has 0 spiro atoms. The molecule has 0 radical (unpaired) electrons. The van der Waals surface area contributed by atoms with E-state index in [0.717, 1.165) is 21.6 Å². The first-order chi connectivity index (χ1) is 12.0. The predicted molar refractivity (Wildman–Crippen MR) is 103 cm³/mol. The number of amides is 1. The Morgan fingerprint density at radius 2 is 2.12 bits per heavy atom. The predicted octanol–water partition coefficient (Wildman–Crippen LogP) is 3.79. The fraction of sp³-hybridized carbons (Fsp3) is 0.278. The fourth-order valence-electron chi connectivity index (χ4n) is 2.51. The molecule has 1 amide bonds. The van der Waals surface area contributed by atoms with Crippen molar-refractivity contribution < 1.29 is 4.79 Å². The van der Waals surface area contributed by atoms with Crippen LogP contribution in [-0.4, -0.2) is 20.7 Å². The Morgan fingerprint density at radius 3 is 2.84 bits per heavy atom. The first-order valence-corrected chi connectivity index (χ1v) is 9.85.